The molecule has 0 saturated carbocycles. The predicted octanol–water partition coefficient (Wildman–Crippen LogP) is 1.47. The summed E-state index contributed by atoms with van der Waals surface area (Å²) in [6.07, 6.45) is 0. The van der Waals surface area contributed by atoms with E-state index < -0.39 is 0 Å². The van der Waals surface area contributed by atoms with Gasteiger partial charge in [-0.3, -0.25) is 0 Å². The average Bonchev–Trinajstić information content (AvgIpc) is 2.13. The smallest absolute Gasteiger partial charge is 0.0547 e. The lowest BCUT2D eigenvalue weighted by atomic mass is 10.3. The Bertz CT molecular complexity index is 200. The van der Waals surface area contributed by atoms with Crippen molar-refractivity contribution >= 4 is 11.4 Å². The number of nitrogens with two attached hydrogens (primary N) is 2. The van der Waals surface area contributed by atoms with Crippen LogP contribution in [0.3, 0.4) is 0 Å². The van der Waals surface area contributed by atoms with Crippen molar-refractivity contribution in [3.05, 3.63) is 24.3 Å². The molecule has 3 heteroatoms. The zero-order valence-electron chi connectivity index (χ0n) is 8.38. The fourth-order valence-corrected chi connectivity index (χ4v) is 0.761. The number of hydrogen-bond donors (Lipinski definition) is 3. The summed E-state index contributed by atoms with van der Waals surface area (Å²) in [4.78, 5) is 0. The lowest BCUT2D eigenvalue weighted by Gasteiger charge is -1.94. The molecule has 0 unspecified atom stereocenters. The molecule has 0 heterocycles. The molecule has 0 spiro atoms. The zero-order chi connectivity index (χ0) is 10.1. The number of nitrogens with one attached hydrogen (secondary N) is 1. The molecule has 5 N–H and O–H groups in total. The summed E-state index contributed by atoms with van der Waals surface area (Å²) < 4.78 is 0. The minimum absolute atomic E-state index is 0.646. The van der Waals surface area contributed by atoms with Gasteiger partial charge < -0.3 is 16.8 Å². The number of anilines is 2. The highest BCUT2D eigenvalue weighted by Crippen LogP contribution is 2.10. The largest absolute Gasteiger partial charge is 0.397 e. The van der Waals surface area contributed by atoms with E-state index >= 15 is 0 Å². The molecule has 0 saturated heterocycles. The Kier molecular flexibility index (Phi) is 6.73. The minimum atomic E-state index is 0.646. The molecule has 0 aliphatic carbocycles. The maximum atomic E-state index is 5.39. The van der Waals surface area contributed by atoms with E-state index in [0.29, 0.717) is 11.4 Å². The SMILES string of the molecule is CCNCC.Nc1ccccc1N. The number of para-hydroxylation sites is 2. The fraction of sp³-hybridized carbons (Fsp3) is 0.400. The Morgan fingerprint density at radius 1 is 1.00 bits per heavy atom. The first-order valence-corrected chi connectivity index (χ1v) is 4.53. The van der Waals surface area contributed by atoms with Gasteiger partial charge in [-0.15, -0.1) is 0 Å². The second-order valence-electron chi connectivity index (χ2n) is 2.59. The molecule has 1 aromatic rings. The van der Waals surface area contributed by atoms with Gasteiger partial charge >= 0.3 is 0 Å². The van der Waals surface area contributed by atoms with E-state index in [1.807, 2.05) is 12.1 Å². The van der Waals surface area contributed by atoms with Crippen molar-refractivity contribution in [3.8, 4) is 0 Å². The van der Waals surface area contributed by atoms with Crippen molar-refractivity contribution < 1.29 is 0 Å². The minimum Gasteiger partial charge on any atom is -0.397 e. The highest BCUT2D eigenvalue weighted by molar-refractivity contribution is 5.62. The Balaban J connectivity index is 0.000000252. The zero-order valence-corrected chi connectivity index (χ0v) is 8.38. The highest BCUT2D eigenvalue weighted by Gasteiger charge is 1.85. The lowest BCUT2D eigenvalue weighted by Crippen LogP contribution is -2.09. The van der Waals surface area contributed by atoms with Gasteiger partial charge in [0.1, 0.15) is 0 Å². The van der Waals surface area contributed by atoms with Crippen LogP contribution in [0.25, 0.3) is 0 Å². The van der Waals surface area contributed by atoms with Crippen molar-refractivity contribution in [1.82, 2.24) is 5.32 Å². The molecule has 0 aromatic heterocycles. The molecule has 0 aliphatic heterocycles. The summed E-state index contributed by atoms with van der Waals surface area (Å²) in [6, 6.07) is 7.25. The molecule has 0 radical (unpaired) electrons. The van der Waals surface area contributed by atoms with Crippen molar-refractivity contribution in [2.75, 3.05) is 24.6 Å². The van der Waals surface area contributed by atoms with Crippen LogP contribution in [0.1, 0.15) is 13.8 Å². The van der Waals surface area contributed by atoms with Gasteiger partial charge in [-0.2, -0.15) is 0 Å². The van der Waals surface area contributed by atoms with E-state index in [1.54, 1.807) is 12.1 Å². The quantitative estimate of drug-likeness (QED) is 0.605. The van der Waals surface area contributed by atoms with Gasteiger partial charge in [-0.25, -0.2) is 0 Å². The Hall–Kier alpha value is -1.22. The maximum Gasteiger partial charge on any atom is 0.0547 e. The van der Waals surface area contributed by atoms with E-state index in [2.05, 4.69) is 19.2 Å². The Labute approximate surface area is 80.1 Å². The number of rotatable bonds is 2. The van der Waals surface area contributed by atoms with Gasteiger partial charge in [0.2, 0.25) is 0 Å². The summed E-state index contributed by atoms with van der Waals surface area (Å²) in [5.74, 6) is 0. The Morgan fingerprint density at radius 2 is 1.38 bits per heavy atom. The van der Waals surface area contributed by atoms with Crippen LogP contribution in [-0.2, 0) is 0 Å². The third-order valence-electron chi connectivity index (χ3n) is 1.50. The standard InChI is InChI=1S/C6H8N2.C4H11N/c7-5-3-1-2-4-6(5)8;1-3-5-4-2/h1-4H,7-8H2;5H,3-4H2,1-2H3. The maximum absolute atomic E-state index is 5.39. The molecule has 0 amide bonds. The van der Waals surface area contributed by atoms with Crippen LogP contribution in [0, 0.1) is 0 Å². The molecule has 74 valence electrons. The third-order valence-corrected chi connectivity index (χ3v) is 1.50. The Morgan fingerprint density at radius 3 is 1.54 bits per heavy atom. The van der Waals surface area contributed by atoms with Gasteiger partial charge in [0, 0.05) is 0 Å². The molecule has 1 aromatic carbocycles. The first-order chi connectivity index (χ1) is 6.22. The summed E-state index contributed by atoms with van der Waals surface area (Å²) in [5.41, 5.74) is 12.1. The van der Waals surface area contributed by atoms with Crippen LogP contribution in [0.15, 0.2) is 24.3 Å². The predicted molar refractivity (Wildman–Crippen MR) is 59.5 cm³/mol. The molecule has 0 aliphatic rings. The van der Waals surface area contributed by atoms with Crippen molar-refractivity contribution in [3.63, 3.8) is 0 Å². The summed E-state index contributed by atoms with van der Waals surface area (Å²) >= 11 is 0. The highest BCUT2D eigenvalue weighted by atomic mass is 14.8. The van der Waals surface area contributed by atoms with Gasteiger partial charge in [0.25, 0.3) is 0 Å². The van der Waals surface area contributed by atoms with Gasteiger partial charge in [0.05, 0.1) is 11.4 Å². The van der Waals surface area contributed by atoms with Crippen LogP contribution < -0.4 is 16.8 Å². The molecular formula is C10H19N3. The van der Waals surface area contributed by atoms with Gasteiger partial charge in [-0.1, -0.05) is 26.0 Å². The molecule has 1 rings (SSSR count). The topological polar surface area (TPSA) is 64.1 Å². The summed E-state index contributed by atoms with van der Waals surface area (Å²) in [5, 5.41) is 3.11. The van der Waals surface area contributed by atoms with Crippen LogP contribution in [0.5, 0.6) is 0 Å². The van der Waals surface area contributed by atoms with Crippen molar-refractivity contribution in [1.29, 1.82) is 0 Å². The third kappa shape index (κ3) is 5.99. The monoisotopic (exact) mass is 181 g/mol. The molecule has 0 bridgehead atoms. The second-order valence-corrected chi connectivity index (χ2v) is 2.59. The molecule has 0 atom stereocenters. The molecule has 3 nitrogen and oxygen atoms in total. The van der Waals surface area contributed by atoms with E-state index in [9.17, 15) is 0 Å². The number of nitrogen functional groups attached to an aromatic ring is 2. The molecule has 0 fully saturated rings. The second kappa shape index (κ2) is 7.43. The summed E-state index contributed by atoms with van der Waals surface area (Å²) in [6.45, 7) is 6.39. The summed E-state index contributed by atoms with van der Waals surface area (Å²) in [7, 11) is 0. The number of benzene rings is 1. The average molecular weight is 181 g/mol. The van der Waals surface area contributed by atoms with Crippen molar-refractivity contribution in [2.24, 2.45) is 0 Å². The van der Waals surface area contributed by atoms with Gasteiger partial charge in [-0.05, 0) is 25.2 Å². The van der Waals surface area contributed by atoms with Crippen LogP contribution in [-0.4, -0.2) is 13.1 Å². The van der Waals surface area contributed by atoms with E-state index in [-0.39, 0.29) is 0 Å². The van der Waals surface area contributed by atoms with Gasteiger partial charge in [0.15, 0.2) is 0 Å². The van der Waals surface area contributed by atoms with E-state index in [0.717, 1.165) is 13.1 Å². The van der Waals surface area contributed by atoms with Crippen LogP contribution in [0.2, 0.25) is 0 Å². The van der Waals surface area contributed by atoms with Crippen LogP contribution in [0.4, 0.5) is 11.4 Å². The first-order valence-electron chi connectivity index (χ1n) is 4.53. The van der Waals surface area contributed by atoms with Crippen molar-refractivity contribution in [2.45, 2.75) is 13.8 Å². The molecule has 13 heavy (non-hydrogen) atoms. The van der Waals surface area contributed by atoms with Crippen LogP contribution >= 0.6 is 0 Å². The van der Waals surface area contributed by atoms with E-state index in [4.69, 9.17) is 11.5 Å². The normalized spacial score (nSPS) is 8.77. The number of hydrogen-bond acceptors (Lipinski definition) is 3. The lowest BCUT2D eigenvalue weighted by molar-refractivity contribution is 0.762. The van der Waals surface area contributed by atoms with E-state index in [1.165, 1.54) is 0 Å². The first kappa shape index (κ1) is 11.8. The molecular weight excluding hydrogens is 162 g/mol. The fourth-order valence-electron chi connectivity index (χ4n) is 0.761.